The number of anilines is 1. The Hall–Kier alpha value is -2.53. The molecule has 6 heteroatoms. The Kier molecular flexibility index (Phi) is 5.42. The molecule has 2 aromatic rings. The molecule has 1 unspecified atom stereocenters. The SMILES string of the molecule is Cc1cc(OC(=O)CN2C(=O)C(C)Oc3ccccc32)c(C(C)C)cc1Cl. The molecule has 0 spiro atoms. The van der Waals surface area contributed by atoms with Crippen LogP contribution in [0.15, 0.2) is 36.4 Å². The van der Waals surface area contributed by atoms with Crippen molar-refractivity contribution in [3.8, 4) is 11.5 Å². The second kappa shape index (κ2) is 7.61. The third kappa shape index (κ3) is 3.93. The number of nitrogens with zero attached hydrogens (tertiary/aromatic N) is 1. The van der Waals surface area contributed by atoms with Crippen molar-refractivity contribution in [2.45, 2.75) is 39.7 Å². The standard InChI is InChI=1S/C21H22ClNO4/c1-12(2)15-10-16(22)13(3)9-19(15)27-20(24)11-23-17-7-5-6-8-18(17)26-14(4)21(23)25/h5-10,12,14H,11H2,1-4H3. The first-order chi connectivity index (χ1) is 12.8. The molecule has 0 N–H and O–H groups in total. The highest BCUT2D eigenvalue weighted by atomic mass is 35.5. The number of fused-ring (bicyclic) bond motifs is 1. The van der Waals surface area contributed by atoms with E-state index in [2.05, 4.69) is 0 Å². The lowest BCUT2D eigenvalue weighted by Gasteiger charge is -2.32. The van der Waals surface area contributed by atoms with E-state index in [1.165, 1.54) is 4.90 Å². The van der Waals surface area contributed by atoms with Crippen molar-refractivity contribution < 1.29 is 19.1 Å². The van der Waals surface area contributed by atoms with E-state index in [0.29, 0.717) is 22.2 Å². The monoisotopic (exact) mass is 387 g/mol. The van der Waals surface area contributed by atoms with E-state index in [0.717, 1.165) is 11.1 Å². The number of hydrogen-bond donors (Lipinski definition) is 0. The number of para-hydroxylation sites is 2. The van der Waals surface area contributed by atoms with Gasteiger partial charge in [-0.2, -0.15) is 0 Å². The highest BCUT2D eigenvalue weighted by Gasteiger charge is 2.33. The van der Waals surface area contributed by atoms with Crippen molar-refractivity contribution in [2.24, 2.45) is 0 Å². The lowest BCUT2D eigenvalue weighted by molar-refractivity contribution is -0.135. The minimum Gasteiger partial charge on any atom is -0.479 e. The number of carbonyl (C=O) groups is 2. The second-order valence-electron chi connectivity index (χ2n) is 6.92. The van der Waals surface area contributed by atoms with Crippen LogP contribution < -0.4 is 14.4 Å². The minimum absolute atomic E-state index is 0.136. The van der Waals surface area contributed by atoms with Crippen LogP contribution in [0.1, 0.15) is 37.8 Å². The van der Waals surface area contributed by atoms with Gasteiger partial charge in [0.1, 0.15) is 18.0 Å². The summed E-state index contributed by atoms with van der Waals surface area (Å²) in [6.45, 7) is 7.33. The number of hydrogen-bond acceptors (Lipinski definition) is 4. The molecule has 0 bridgehead atoms. The van der Waals surface area contributed by atoms with Gasteiger partial charge in [-0.1, -0.05) is 37.6 Å². The van der Waals surface area contributed by atoms with Crippen LogP contribution in [-0.2, 0) is 9.59 Å². The third-order valence-corrected chi connectivity index (χ3v) is 4.90. The molecular formula is C21H22ClNO4. The smallest absolute Gasteiger partial charge is 0.331 e. The number of ether oxygens (including phenoxy) is 2. The Morgan fingerprint density at radius 3 is 2.70 bits per heavy atom. The van der Waals surface area contributed by atoms with Gasteiger partial charge in [0.2, 0.25) is 0 Å². The molecule has 5 nitrogen and oxygen atoms in total. The fourth-order valence-corrected chi connectivity index (χ4v) is 3.19. The van der Waals surface area contributed by atoms with Crippen LogP contribution in [-0.4, -0.2) is 24.5 Å². The zero-order chi connectivity index (χ0) is 19.7. The zero-order valence-corrected chi connectivity index (χ0v) is 16.5. The lowest BCUT2D eigenvalue weighted by atomic mass is 10.0. The van der Waals surface area contributed by atoms with E-state index in [-0.39, 0.29) is 18.4 Å². The summed E-state index contributed by atoms with van der Waals surface area (Å²) in [5.41, 5.74) is 2.24. The molecule has 1 aliphatic heterocycles. The summed E-state index contributed by atoms with van der Waals surface area (Å²) in [4.78, 5) is 26.6. The van der Waals surface area contributed by atoms with E-state index in [1.54, 1.807) is 31.2 Å². The second-order valence-corrected chi connectivity index (χ2v) is 7.33. The molecule has 3 rings (SSSR count). The first-order valence-corrected chi connectivity index (χ1v) is 9.23. The predicted molar refractivity (Wildman–Crippen MR) is 105 cm³/mol. The molecule has 0 aliphatic carbocycles. The van der Waals surface area contributed by atoms with Crippen molar-refractivity contribution in [1.29, 1.82) is 0 Å². The Bertz CT molecular complexity index is 894. The summed E-state index contributed by atoms with van der Waals surface area (Å²) in [6.07, 6.45) is -0.656. The van der Waals surface area contributed by atoms with Crippen molar-refractivity contribution >= 4 is 29.2 Å². The van der Waals surface area contributed by atoms with Gasteiger partial charge in [-0.15, -0.1) is 0 Å². The van der Waals surface area contributed by atoms with Crippen LogP contribution >= 0.6 is 11.6 Å². The Morgan fingerprint density at radius 2 is 2.00 bits per heavy atom. The summed E-state index contributed by atoms with van der Waals surface area (Å²) in [7, 11) is 0. The van der Waals surface area contributed by atoms with Crippen molar-refractivity contribution in [2.75, 3.05) is 11.4 Å². The molecule has 1 heterocycles. The molecule has 1 aliphatic rings. The summed E-state index contributed by atoms with van der Waals surface area (Å²) >= 11 is 6.21. The molecule has 0 saturated heterocycles. The maximum Gasteiger partial charge on any atom is 0.331 e. The maximum atomic E-state index is 12.6. The molecule has 0 saturated carbocycles. The first-order valence-electron chi connectivity index (χ1n) is 8.85. The van der Waals surface area contributed by atoms with E-state index >= 15 is 0 Å². The van der Waals surface area contributed by atoms with Gasteiger partial charge in [0, 0.05) is 5.02 Å². The van der Waals surface area contributed by atoms with Crippen LogP contribution in [0.25, 0.3) is 0 Å². The topological polar surface area (TPSA) is 55.8 Å². The molecule has 1 amide bonds. The number of amides is 1. The average molecular weight is 388 g/mol. The zero-order valence-electron chi connectivity index (χ0n) is 15.8. The number of carbonyl (C=O) groups excluding carboxylic acids is 2. The molecule has 2 aromatic carbocycles. The average Bonchev–Trinajstić information content (AvgIpc) is 2.61. The Balaban J connectivity index is 1.85. The molecule has 142 valence electrons. The largest absolute Gasteiger partial charge is 0.479 e. The summed E-state index contributed by atoms with van der Waals surface area (Å²) in [5.74, 6) is 0.385. The van der Waals surface area contributed by atoms with Crippen LogP contribution in [0.2, 0.25) is 5.02 Å². The molecular weight excluding hydrogens is 366 g/mol. The number of benzene rings is 2. The van der Waals surface area contributed by atoms with Gasteiger partial charge < -0.3 is 9.47 Å². The summed E-state index contributed by atoms with van der Waals surface area (Å²) in [6, 6.07) is 10.7. The highest BCUT2D eigenvalue weighted by Crippen LogP contribution is 2.34. The van der Waals surface area contributed by atoms with Gasteiger partial charge in [-0.3, -0.25) is 9.69 Å². The lowest BCUT2D eigenvalue weighted by Crippen LogP contribution is -2.47. The Morgan fingerprint density at radius 1 is 1.30 bits per heavy atom. The Labute approximate surface area is 163 Å². The molecule has 0 aromatic heterocycles. The number of rotatable bonds is 4. The highest BCUT2D eigenvalue weighted by molar-refractivity contribution is 6.31. The van der Waals surface area contributed by atoms with Gasteiger partial charge in [-0.05, 0) is 55.2 Å². The van der Waals surface area contributed by atoms with Gasteiger partial charge in [0.05, 0.1) is 5.69 Å². The fourth-order valence-electron chi connectivity index (χ4n) is 3.02. The number of aryl methyl sites for hydroxylation is 1. The normalized spacial score (nSPS) is 16.1. The van der Waals surface area contributed by atoms with Crippen molar-refractivity contribution in [3.63, 3.8) is 0 Å². The third-order valence-electron chi connectivity index (χ3n) is 4.50. The molecule has 1 atom stereocenters. The molecule has 0 fully saturated rings. The first kappa shape index (κ1) is 19.2. The maximum absolute atomic E-state index is 12.6. The van der Waals surface area contributed by atoms with Crippen molar-refractivity contribution in [1.82, 2.24) is 0 Å². The van der Waals surface area contributed by atoms with Gasteiger partial charge in [0.15, 0.2) is 6.10 Å². The van der Waals surface area contributed by atoms with Crippen LogP contribution in [0, 0.1) is 6.92 Å². The summed E-state index contributed by atoms with van der Waals surface area (Å²) < 4.78 is 11.2. The predicted octanol–water partition coefficient (Wildman–Crippen LogP) is 4.49. The van der Waals surface area contributed by atoms with E-state index in [4.69, 9.17) is 21.1 Å². The van der Waals surface area contributed by atoms with Gasteiger partial charge in [0.25, 0.3) is 5.91 Å². The molecule has 27 heavy (non-hydrogen) atoms. The number of halogens is 1. The van der Waals surface area contributed by atoms with E-state index in [1.807, 2.05) is 32.9 Å². The van der Waals surface area contributed by atoms with Crippen LogP contribution in [0.5, 0.6) is 11.5 Å². The van der Waals surface area contributed by atoms with Gasteiger partial charge in [-0.25, -0.2) is 4.79 Å². The van der Waals surface area contributed by atoms with E-state index in [9.17, 15) is 9.59 Å². The minimum atomic E-state index is -0.656. The van der Waals surface area contributed by atoms with Crippen molar-refractivity contribution in [3.05, 3.63) is 52.5 Å². The molecule has 0 radical (unpaired) electrons. The van der Waals surface area contributed by atoms with E-state index < -0.39 is 12.1 Å². The van der Waals surface area contributed by atoms with Gasteiger partial charge >= 0.3 is 5.97 Å². The quantitative estimate of drug-likeness (QED) is 0.573. The summed E-state index contributed by atoms with van der Waals surface area (Å²) in [5, 5.41) is 0.629. The van der Waals surface area contributed by atoms with Crippen LogP contribution in [0.4, 0.5) is 5.69 Å². The number of esters is 1. The fraction of sp³-hybridized carbons (Fsp3) is 0.333. The van der Waals surface area contributed by atoms with Crippen LogP contribution in [0.3, 0.4) is 0 Å².